The van der Waals surface area contributed by atoms with Crippen molar-refractivity contribution in [3.8, 4) is 0 Å². The SMILES string of the molecule is CN1C(=O)C(C)(C)C(C)(c2cc(Nc3ccccc3F)ccc2F)N=C1N. The van der Waals surface area contributed by atoms with Gasteiger partial charge in [-0.05, 0) is 51.1 Å². The Balaban J connectivity index is 2.11. The average molecular weight is 372 g/mol. The lowest BCUT2D eigenvalue weighted by molar-refractivity contribution is -0.140. The topological polar surface area (TPSA) is 70.7 Å². The Hall–Kier alpha value is -2.96. The monoisotopic (exact) mass is 372 g/mol. The summed E-state index contributed by atoms with van der Waals surface area (Å²) in [6.07, 6.45) is 0. The van der Waals surface area contributed by atoms with Gasteiger partial charge in [-0.15, -0.1) is 0 Å². The fraction of sp³-hybridized carbons (Fsp3) is 0.300. The molecule has 0 saturated carbocycles. The molecule has 7 heteroatoms. The molecule has 0 saturated heterocycles. The molecule has 1 aliphatic rings. The zero-order chi connectivity index (χ0) is 20.0. The summed E-state index contributed by atoms with van der Waals surface area (Å²) >= 11 is 0. The van der Waals surface area contributed by atoms with Crippen molar-refractivity contribution in [2.24, 2.45) is 16.1 Å². The Bertz CT molecular complexity index is 941. The molecule has 0 radical (unpaired) electrons. The maximum Gasteiger partial charge on any atom is 0.237 e. The van der Waals surface area contributed by atoms with Crippen molar-refractivity contribution in [2.45, 2.75) is 26.3 Å². The molecule has 2 aromatic rings. The summed E-state index contributed by atoms with van der Waals surface area (Å²) in [6, 6.07) is 10.5. The van der Waals surface area contributed by atoms with Crippen LogP contribution in [0.25, 0.3) is 0 Å². The van der Waals surface area contributed by atoms with Crippen molar-refractivity contribution in [3.05, 3.63) is 59.7 Å². The summed E-state index contributed by atoms with van der Waals surface area (Å²) in [4.78, 5) is 18.5. The first-order valence-electron chi connectivity index (χ1n) is 8.53. The Labute approximate surface area is 156 Å². The summed E-state index contributed by atoms with van der Waals surface area (Å²) in [6.45, 7) is 5.09. The Morgan fingerprint density at radius 1 is 1.07 bits per heavy atom. The van der Waals surface area contributed by atoms with Gasteiger partial charge in [-0.3, -0.25) is 9.69 Å². The predicted octanol–water partition coefficient (Wildman–Crippen LogP) is 3.74. The van der Waals surface area contributed by atoms with Crippen LogP contribution < -0.4 is 11.1 Å². The van der Waals surface area contributed by atoms with Crippen molar-refractivity contribution < 1.29 is 13.6 Å². The Morgan fingerprint density at radius 3 is 2.41 bits per heavy atom. The second-order valence-electron chi connectivity index (χ2n) is 7.33. The van der Waals surface area contributed by atoms with Crippen LogP contribution in [0.15, 0.2) is 47.5 Å². The van der Waals surface area contributed by atoms with E-state index in [0.717, 1.165) is 0 Å². The number of halogens is 2. The zero-order valence-corrected chi connectivity index (χ0v) is 15.7. The number of nitrogens with two attached hydrogens (primary N) is 1. The van der Waals surface area contributed by atoms with E-state index in [1.165, 1.54) is 30.1 Å². The van der Waals surface area contributed by atoms with E-state index >= 15 is 0 Å². The number of aliphatic imine (C=N–C) groups is 1. The van der Waals surface area contributed by atoms with Gasteiger partial charge in [0.15, 0.2) is 5.96 Å². The maximum absolute atomic E-state index is 14.8. The number of nitrogens with zero attached hydrogens (tertiary/aromatic N) is 2. The van der Waals surface area contributed by atoms with Gasteiger partial charge in [0.1, 0.15) is 17.2 Å². The van der Waals surface area contributed by atoms with Crippen molar-refractivity contribution in [1.82, 2.24) is 4.90 Å². The zero-order valence-electron chi connectivity index (χ0n) is 15.7. The first-order chi connectivity index (χ1) is 12.6. The van der Waals surface area contributed by atoms with Gasteiger partial charge in [-0.2, -0.15) is 0 Å². The summed E-state index contributed by atoms with van der Waals surface area (Å²) < 4.78 is 28.7. The molecule has 27 heavy (non-hydrogen) atoms. The van der Waals surface area contributed by atoms with Gasteiger partial charge in [0.25, 0.3) is 0 Å². The number of hydrogen-bond acceptors (Lipinski definition) is 4. The molecule has 0 fully saturated rings. The number of nitrogens with one attached hydrogen (secondary N) is 1. The second kappa shape index (κ2) is 6.33. The van der Waals surface area contributed by atoms with Gasteiger partial charge in [0.05, 0.1) is 11.1 Å². The lowest BCUT2D eigenvalue weighted by Gasteiger charge is -2.46. The Kier molecular flexibility index (Phi) is 4.41. The molecule has 1 aliphatic heterocycles. The first kappa shape index (κ1) is 18.8. The predicted molar refractivity (Wildman–Crippen MR) is 102 cm³/mol. The van der Waals surface area contributed by atoms with E-state index in [9.17, 15) is 13.6 Å². The molecule has 1 amide bonds. The number of para-hydroxylation sites is 1. The number of rotatable bonds is 3. The van der Waals surface area contributed by atoms with Crippen molar-refractivity contribution in [2.75, 3.05) is 12.4 Å². The summed E-state index contributed by atoms with van der Waals surface area (Å²) in [5.74, 6) is -1.18. The van der Waals surface area contributed by atoms with Gasteiger partial charge in [0.2, 0.25) is 5.91 Å². The minimum Gasteiger partial charge on any atom is -0.369 e. The molecule has 0 bridgehead atoms. The van der Waals surface area contributed by atoms with E-state index in [4.69, 9.17) is 5.73 Å². The van der Waals surface area contributed by atoms with E-state index < -0.39 is 22.6 Å². The van der Waals surface area contributed by atoms with Gasteiger partial charge in [0, 0.05) is 18.3 Å². The summed E-state index contributed by atoms with van der Waals surface area (Å²) in [5, 5.41) is 2.94. The van der Waals surface area contributed by atoms with E-state index in [1.54, 1.807) is 45.0 Å². The summed E-state index contributed by atoms with van der Waals surface area (Å²) in [7, 11) is 1.54. The number of hydrogen-bond donors (Lipinski definition) is 2. The third-order valence-corrected chi connectivity index (χ3v) is 5.38. The quantitative estimate of drug-likeness (QED) is 0.862. The number of carbonyl (C=O) groups excluding carboxylic acids is 1. The third kappa shape index (κ3) is 2.93. The van der Waals surface area contributed by atoms with Crippen molar-refractivity contribution in [3.63, 3.8) is 0 Å². The molecule has 3 N–H and O–H groups in total. The van der Waals surface area contributed by atoms with Gasteiger partial charge in [-0.1, -0.05) is 12.1 Å². The highest BCUT2D eigenvalue weighted by molar-refractivity contribution is 6.01. The van der Waals surface area contributed by atoms with Gasteiger partial charge in [-0.25, -0.2) is 13.8 Å². The Morgan fingerprint density at radius 2 is 1.74 bits per heavy atom. The lowest BCUT2D eigenvalue weighted by atomic mass is 9.67. The molecule has 0 spiro atoms. The van der Waals surface area contributed by atoms with Crippen LogP contribution in [-0.2, 0) is 10.3 Å². The molecular formula is C20H22F2N4O. The number of amides is 1. The van der Waals surface area contributed by atoms with Crippen LogP contribution in [-0.4, -0.2) is 23.8 Å². The lowest BCUT2D eigenvalue weighted by Crippen LogP contribution is -2.58. The summed E-state index contributed by atoms with van der Waals surface area (Å²) in [5.41, 5.74) is 4.59. The molecule has 5 nitrogen and oxygen atoms in total. The van der Waals surface area contributed by atoms with Crippen LogP contribution in [0, 0.1) is 17.0 Å². The molecule has 1 atom stereocenters. The molecule has 0 aliphatic carbocycles. The maximum atomic E-state index is 14.8. The molecule has 1 unspecified atom stereocenters. The fourth-order valence-electron chi connectivity index (χ4n) is 3.27. The van der Waals surface area contributed by atoms with E-state index in [2.05, 4.69) is 10.3 Å². The second-order valence-corrected chi connectivity index (χ2v) is 7.33. The largest absolute Gasteiger partial charge is 0.369 e. The minimum atomic E-state index is -1.22. The van der Waals surface area contributed by atoms with E-state index in [-0.39, 0.29) is 23.1 Å². The molecular weight excluding hydrogens is 350 g/mol. The average Bonchev–Trinajstić information content (AvgIpc) is 2.62. The first-order valence-corrected chi connectivity index (χ1v) is 8.53. The number of guanidine groups is 1. The van der Waals surface area contributed by atoms with Gasteiger partial charge < -0.3 is 11.1 Å². The number of benzene rings is 2. The highest BCUT2D eigenvalue weighted by atomic mass is 19.1. The molecule has 142 valence electrons. The highest BCUT2D eigenvalue weighted by Gasteiger charge is 2.53. The normalized spacial score (nSPS) is 21.8. The number of anilines is 2. The van der Waals surface area contributed by atoms with E-state index in [1.807, 2.05) is 0 Å². The van der Waals surface area contributed by atoms with Crippen LogP contribution in [0.2, 0.25) is 0 Å². The molecule has 3 rings (SSSR count). The van der Waals surface area contributed by atoms with Crippen LogP contribution in [0.5, 0.6) is 0 Å². The van der Waals surface area contributed by atoms with Gasteiger partial charge >= 0.3 is 0 Å². The van der Waals surface area contributed by atoms with Crippen LogP contribution in [0.4, 0.5) is 20.2 Å². The minimum absolute atomic E-state index is 0.0219. The van der Waals surface area contributed by atoms with Crippen LogP contribution in [0.1, 0.15) is 26.3 Å². The van der Waals surface area contributed by atoms with Crippen molar-refractivity contribution >= 4 is 23.2 Å². The van der Waals surface area contributed by atoms with Crippen LogP contribution in [0.3, 0.4) is 0 Å². The highest BCUT2D eigenvalue weighted by Crippen LogP contribution is 2.47. The molecule has 2 aromatic carbocycles. The fourth-order valence-corrected chi connectivity index (χ4v) is 3.27. The standard InChI is InChI=1S/C20H22F2N4O/c1-19(2)17(27)26(4)18(23)25-20(19,3)13-11-12(9-10-14(13)21)24-16-8-6-5-7-15(16)22/h5-11,24H,1-4H3,(H2,23,25). The number of carbonyl (C=O) groups is 1. The van der Waals surface area contributed by atoms with Crippen molar-refractivity contribution in [1.29, 1.82) is 0 Å². The smallest absolute Gasteiger partial charge is 0.237 e. The van der Waals surface area contributed by atoms with E-state index in [0.29, 0.717) is 5.69 Å². The third-order valence-electron chi connectivity index (χ3n) is 5.38. The van der Waals surface area contributed by atoms with Crippen LogP contribution >= 0.6 is 0 Å². The molecule has 1 heterocycles. The molecule has 0 aromatic heterocycles.